The zero-order chi connectivity index (χ0) is 8.06. The number of fused-ring (bicyclic) bond motifs is 2. The highest BCUT2D eigenvalue weighted by Crippen LogP contribution is 2.46. The second-order valence-electron chi connectivity index (χ2n) is 3.28. The molecule has 1 unspecified atom stereocenters. The minimum Gasteiger partial charge on any atom is -0.207 e. The van der Waals surface area contributed by atoms with Gasteiger partial charge in [-0.25, -0.2) is 8.42 Å². The van der Waals surface area contributed by atoms with Crippen molar-refractivity contribution < 1.29 is 8.42 Å². The Labute approximate surface area is 70.7 Å². The Morgan fingerprint density at radius 3 is 2.36 bits per heavy atom. The van der Waals surface area contributed by atoms with Crippen LogP contribution in [-0.2, 0) is 9.05 Å². The van der Waals surface area contributed by atoms with E-state index in [-0.39, 0.29) is 0 Å². The molecule has 0 aromatic carbocycles. The Bertz CT molecular complexity index is 315. The lowest BCUT2D eigenvalue weighted by molar-refractivity contribution is 0.563. The Morgan fingerprint density at radius 2 is 2.09 bits per heavy atom. The minimum absolute atomic E-state index is 0.524. The van der Waals surface area contributed by atoms with Gasteiger partial charge in [-0.2, -0.15) is 0 Å². The van der Waals surface area contributed by atoms with Gasteiger partial charge in [-0.05, 0) is 31.6 Å². The van der Waals surface area contributed by atoms with E-state index in [9.17, 15) is 8.42 Å². The van der Waals surface area contributed by atoms with Gasteiger partial charge < -0.3 is 0 Å². The van der Waals surface area contributed by atoms with Crippen molar-refractivity contribution in [3.63, 3.8) is 0 Å². The van der Waals surface area contributed by atoms with E-state index in [1.165, 1.54) is 0 Å². The van der Waals surface area contributed by atoms with E-state index in [1.807, 2.05) is 0 Å². The van der Waals surface area contributed by atoms with Crippen LogP contribution in [0.3, 0.4) is 0 Å². The molecule has 0 aliphatic heterocycles. The Hall–Kier alpha value is -0.0200. The van der Waals surface area contributed by atoms with E-state index in [0.717, 1.165) is 24.8 Å². The first-order valence-electron chi connectivity index (χ1n) is 3.73. The van der Waals surface area contributed by atoms with Gasteiger partial charge in [0.1, 0.15) is 0 Å². The van der Waals surface area contributed by atoms with Crippen LogP contribution in [0.15, 0.2) is 10.5 Å². The fraction of sp³-hybridized carbons (Fsp3) is 0.714. The van der Waals surface area contributed by atoms with Crippen molar-refractivity contribution in [3.05, 3.63) is 10.5 Å². The highest BCUT2D eigenvalue weighted by Gasteiger charge is 2.35. The zero-order valence-corrected chi connectivity index (χ0v) is 7.58. The van der Waals surface area contributed by atoms with Crippen molar-refractivity contribution in [2.75, 3.05) is 0 Å². The molecule has 1 atom stereocenters. The van der Waals surface area contributed by atoms with Crippen LogP contribution in [0.5, 0.6) is 0 Å². The molecule has 4 heteroatoms. The molecule has 2 rings (SSSR count). The number of hydrogen-bond donors (Lipinski definition) is 0. The Morgan fingerprint density at radius 1 is 1.36 bits per heavy atom. The van der Waals surface area contributed by atoms with Gasteiger partial charge in [0.25, 0.3) is 9.05 Å². The van der Waals surface area contributed by atoms with Gasteiger partial charge in [-0.1, -0.05) is 5.57 Å². The topological polar surface area (TPSA) is 34.1 Å². The van der Waals surface area contributed by atoms with Crippen LogP contribution < -0.4 is 0 Å². The molecule has 62 valence electrons. The van der Waals surface area contributed by atoms with Crippen LogP contribution in [0.25, 0.3) is 0 Å². The summed E-state index contributed by atoms with van der Waals surface area (Å²) in [6.07, 6.45) is 3.78. The summed E-state index contributed by atoms with van der Waals surface area (Å²) in [5, 5.41) is 0. The monoisotopic (exact) mass is 192 g/mol. The third-order valence-corrected chi connectivity index (χ3v) is 4.15. The molecular weight excluding hydrogens is 184 g/mol. The van der Waals surface area contributed by atoms with Crippen molar-refractivity contribution in [2.24, 2.45) is 5.92 Å². The van der Waals surface area contributed by atoms with Crippen molar-refractivity contribution >= 4 is 19.7 Å². The van der Waals surface area contributed by atoms with Crippen LogP contribution in [0.1, 0.15) is 25.7 Å². The number of halogens is 1. The Balaban J connectivity index is 2.43. The van der Waals surface area contributed by atoms with Crippen LogP contribution in [-0.4, -0.2) is 8.42 Å². The van der Waals surface area contributed by atoms with E-state index in [4.69, 9.17) is 10.7 Å². The first-order valence-corrected chi connectivity index (χ1v) is 6.04. The molecule has 0 N–H and O–H groups in total. The summed E-state index contributed by atoms with van der Waals surface area (Å²) in [6, 6.07) is 0. The minimum atomic E-state index is -3.38. The maximum Gasteiger partial charge on any atom is 0.257 e. The summed E-state index contributed by atoms with van der Waals surface area (Å²) >= 11 is 0. The number of rotatable bonds is 1. The van der Waals surface area contributed by atoms with E-state index >= 15 is 0 Å². The first-order chi connectivity index (χ1) is 5.07. The molecule has 1 fully saturated rings. The largest absolute Gasteiger partial charge is 0.257 e. The summed E-state index contributed by atoms with van der Waals surface area (Å²) in [4.78, 5) is 0.524. The molecule has 0 amide bonds. The second-order valence-corrected chi connectivity index (χ2v) is 5.86. The summed E-state index contributed by atoms with van der Waals surface area (Å²) in [6.45, 7) is 0. The Kier molecular flexibility index (Phi) is 1.55. The van der Waals surface area contributed by atoms with Crippen molar-refractivity contribution in [3.8, 4) is 0 Å². The lowest BCUT2D eigenvalue weighted by Gasteiger charge is -2.07. The zero-order valence-electron chi connectivity index (χ0n) is 6.01. The molecule has 1 saturated carbocycles. The first kappa shape index (κ1) is 7.62. The molecular formula is C7H9ClO2S. The predicted molar refractivity (Wildman–Crippen MR) is 43.8 cm³/mol. The van der Waals surface area contributed by atoms with Gasteiger partial charge in [-0.3, -0.25) is 0 Å². The van der Waals surface area contributed by atoms with E-state index in [2.05, 4.69) is 0 Å². The third-order valence-electron chi connectivity index (χ3n) is 2.55. The molecule has 2 nitrogen and oxygen atoms in total. The second kappa shape index (κ2) is 2.23. The summed E-state index contributed by atoms with van der Waals surface area (Å²) in [7, 11) is 1.87. The predicted octanol–water partition coefficient (Wildman–Crippen LogP) is 2.01. The van der Waals surface area contributed by atoms with Crippen molar-refractivity contribution in [1.29, 1.82) is 0 Å². The number of allylic oxidation sites excluding steroid dienone is 2. The van der Waals surface area contributed by atoms with Gasteiger partial charge in [-0.15, -0.1) is 0 Å². The summed E-state index contributed by atoms with van der Waals surface area (Å²) in [5.74, 6) is 0.577. The normalized spacial score (nSPS) is 30.1. The fourth-order valence-electron chi connectivity index (χ4n) is 2.04. The lowest BCUT2D eigenvalue weighted by atomic mass is 10.1. The van der Waals surface area contributed by atoms with Gasteiger partial charge in [0, 0.05) is 10.7 Å². The average Bonchev–Trinajstić information content (AvgIpc) is 2.42. The average molecular weight is 193 g/mol. The van der Waals surface area contributed by atoms with E-state index in [0.29, 0.717) is 17.2 Å². The molecule has 0 aromatic rings. The van der Waals surface area contributed by atoms with Gasteiger partial charge in [0.15, 0.2) is 0 Å². The summed E-state index contributed by atoms with van der Waals surface area (Å²) < 4.78 is 21.9. The van der Waals surface area contributed by atoms with Crippen molar-refractivity contribution in [1.82, 2.24) is 0 Å². The maximum absolute atomic E-state index is 10.9. The standard InChI is InChI=1S/C7H9ClO2S/c8-11(9,10)7-4-5-1-2-6(7)3-5/h5H,1-4H2. The quantitative estimate of drug-likeness (QED) is 0.596. The van der Waals surface area contributed by atoms with Gasteiger partial charge in [0.2, 0.25) is 0 Å². The number of hydrogen-bond acceptors (Lipinski definition) is 2. The van der Waals surface area contributed by atoms with E-state index < -0.39 is 9.05 Å². The highest BCUT2D eigenvalue weighted by molar-refractivity contribution is 8.16. The summed E-state index contributed by atoms with van der Waals surface area (Å²) in [5.41, 5.74) is 1.09. The molecule has 0 saturated heterocycles. The molecule has 0 heterocycles. The molecule has 11 heavy (non-hydrogen) atoms. The van der Waals surface area contributed by atoms with E-state index in [1.54, 1.807) is 0 Å². The smallest absolute Gasteiger partial charge is 0.207 e. The van der Waals surface area contributed by atoms with Crippen LogP contribution in [0.4, 0.5) is 0 Å². The molecule has 0 radical (unpaired) electrons. The molecule has 0 aromatic heterocycles. The van der Waals surface area contributed by atoms with Gasteiger partial charge >= 0.3 is 0 Å². The molecule has 2 bridgehead atoms. The third kappa shape index (κ3) is 1.20. The fourth-order valence-corrected chi connectivity index (χ4v) is 3.52. The molecule has 2 aliphatic rings. The van der Waals surface area contributed by atoms with Crippen molar-refractivity contribution in [2.45, 2.75) is 25.7 Å². The molecule has 2 aliphatic carbocycles. The van der Waals surface area contributed by atoms with Crippen LogP contribution in [0, 0.1) is 5.92 Å². The highest BCUT2D eigenvalue weighted by atomic mass is 35.7. The van der Waals surface area contributed by atoms with Gasteiger partial charge in [0.05, 0.1) is 4.91 Å². The maximum atomic E-state index is 10.9. The van der Waals surface area contributed by atoms with Crippen LogP contribution in [0.2, 0.25) is 0 Å². The lowest BCUT2D eigenvalue weighted by Crippen LogP contribution is -2.00. The molecule has 0 spiro atoms. The van der Waals surface area contributed by atoms with Crippen LogP contribution >= 0.6 is 10.7 Å². The SMILES string of the molecule is O=S(=O)(Cl)C1=C2CCC(C2)C1.